The lowest BCUT2D eigenvalue weighted by Gasteiger charge is -2.19. The Morgan fingerprint density at radius 3 is 2.75 bits per heavy atom. The molecule has 0 saturated heterocycles. The molecule has 1 atom stereocenters. The number of rotatable bonds is 7. The molecule has 12 nitrogen and oxygen atoms in total. The van der Waals surface area contributed by atoms with Gasteiger partial charge in [0.2, 0.25) is 10.0 Å². The maximum Gasteiger partial charge on any atom is 0.271 e. The van der Waals surface area contributed by atoms with Gasteiger partial charge in [-0.15, -0.1) is 0 Å². The Hall–Kier alpha value is -3.56. The fourth-order valence-corrected chi connectivity index (χ4v) is 5.61. The molecule has 0 radical (unpaired) electrons. The molecule has 2 aromatic carbocycles. The number of fused-ring (bicyclic) bond motifs is 1. The van der Waals surface area contributed by atoms with E-state index in [0.717, 1.165) is 11.5 Å². The summed E-state index contributed by atoms with van der Waals surface area (Å²) in [5.41, 5.74) is 8.00. The first kappa shape index (κ1) is 25.5. The number of nitrogens with one attached hydrogen (secondary N) is 2. The minimum Gasteiger partial charge on any atom is -0.392 e. The van der Waals surface area contributed by atoms with Gasteiger partial charge < -0.3 is 26.2 Å². The second-order valence-electron chi connectivity index (χ2n) is 8.08. The van der Waals surface area contributed by atoms with E-state index < -0.39 is 28.4 Å². The zero-order valence-electron chi connectivity index (χ0n) is 19.1. The minimum absolute atomic E-state index is 0.0159. The van der Waals surface area contributed by atoms with Gasteiger partial charge in [-0.25, -0.2) is 18.5 Å². The molecule has 0 spiro atoms. The zero-order chi connectivity index (χ0) is 26.2. The highest BCUT2D eigenvalue weighted by Gasteiger charge is 2.30. The van der Waals surface area contributed by atoms with E-state index in [1.165, 1.54) is 11.0 Å². The molecule has 1 amide bonds. The highest BCUT2D eigenvalue weighted by atomic mass is 32.2. The van der Waals surface area contributed by atoms with Crippen LogP contribution in [-0.2, 0) is 16.4 Å². The van der Waals surface area contributed by atoms with Crippen molar-refractivity contribution in [2.45, 2.75) is 24.5 Å². The summed E-state index contributed by atoms with van der Waals surface area (Å²) in [7, 11) is -3.92. The summed E-state index contributed by atoms with van der Waals surface area (Å²) in [6, 6.07) is 9.67. The summed E-state index contributed by atoms with van der Waals surface area (Å²) >= 11 is 0.978. The van der Waals surface area contributed by atoms with Crippen molar-refractivity contribution in [2.24, 2.45) is 15.9 Å². The number of H-pyrrole nitrogens is 1. The van der Waals surface area contributed by atoms with Gasteiger partial charge in [0.05, 0.1) is 11.5 Å². The Bertz CT molecular complexity index is 1530. The number of anilines is 3. The van der Waals surface area contributed by atoms with Crippen LogP contribution in [0.4, 0.5) is 16.4 Å². The van der Waals surface area contributed by atoms with Crippen LogP contribution >= 0.6 is 11.5 Å². The van der Waals surface area contributed by atoms with Gasteiger partial charge in [-0.05, 0) is 66.3 Å². The van der Waals surface area contributed by atoms with E-state index in [1.54, 1.807) is 37.3 Å². The van der Waals surface area contributed by atoms with Gasteiger partial charge in [-0.3, -0.25) is 14.0 Å². The number of primary sulfonamides is 1. The largest absolute Gasteiger partial charge is 0.392 e. The lowest BCUT2D eigenvalue weighted by Crippen LogP contribution is -2.29. The van der Waals surface area contributed by atoms with Crippen molar-refractivity contribution in [1.82, 2.24) is 4.37 Å². The molecule has 1 unspecified atom stereocenters. The van der Waals surface area contributed by atoms with Crippen LogP contribution in [0.2, 0.25) is 0 Å². The molecular weight excluding hydrogens is 508 g/mol. The van der Waals surface area contributed by atoms with Crippen LogP contribution in [-0.4, -0.2) is 54.1 Å². The van der Waals surface area contributed by atoms with Gasteiger partial charge in [0.25, 0.3) is 11.5 Å². The van der Waals surface area contributed by atoms with Crippen LogP contribution in [0.15, 0.2) is 51.1 Å². The molecule has 190 valence electrons. The third-order valence-electron chi connectivity index (χ3n) is 5.66. The number of sulfonamides is 1. The standard InChI is InChI=1S/C22H24N6O6S2/c1-11-9-12(25-21-18(20(31)27-35-21)19(23)26-17(30)10-29)5-6-13(11)22(32)28-8-7-14-15(28)3-2-4-16(14)36(24,33)34/h2-6,9,17,25,29-30H,7-8,10H2,1H3,(H2,23,26)(H,27,31)(H2,24,33,34). The van der Waals surface area contributed by atoms with Gasteiger partial charge >= 0.3 is 0 Å². The monoisotopic (exact) mass is 532 g/mol. The smallest absolute Gasteiger partial charge is 0.271 e. The summed E-state index contributed by atoms with van der Waals surface area (Å²) < 4.78 is 26.4. The summed E-state index contributed by atoms with van der Waals surface area (Å²) in [5, 5.41) is 27.2. The van der Waals surface area contributed by atoms with Crippen molar-refractivity contribution < 1.29 is 23.4 Å². The summed E-state index contributed by atoms with van der Waals surface area (Å²) in [6.07, 6.45) is -1.09. The quantitative estimate of drug-likeness (QED) is 0.185. The highest BCUT2D eigenvalue weighted by molar-refractivity contribution is 7.89. The lowest BCUT2D eigenvalue weighted by molar-refractivity contribution is 0.0988. The van der Waals surface area contributed by atoms with Crippen LogP contribution in [0.1, 0.15) is 27.0 Å². The van der Waals surface area contributed by atoms with Crippen molar-refractivity contribution in [1.29, 1.82) is 0 Å². The molecule has 0 saturated carbocycles. The number of nitrogens with zero attached hydrogens (tertiary/aromatic N) is 2. The highest BCUT2D eigenvalue weighted by Crippen LogP contribution is 2.34. The van der Waals surface area contributed by atoms with E-state index in [9.17, 15) is 23.1 Å². The molecule has 1 aromatic heterocycles. The first-order valence-electron chi connectivity index (χ1n) is 10.7. The van der Waals surface area contributed by atoms with Crippen LogP contribution in [0.25, 0.3) is 0 Å². The number of hydrogen-bond donors (Lipinski definition) is 6. The molecule has 8 N–H and O–H groups in total. The first-order valence-corrected chi connectivity index (χ1v) is 13.1. The number of aliphatic hydroxyl groups is 2. The molecule has 0 bridgehead atoms. The Kier molecular flexibility index (Phi) is 6.97. The molecule has 14 heteroatoms. The Morgan fingerprint density at radius 1 is 1.33 bits per heavy atom. The summed E-state index contributed by atoms with van der Waals surface area (Å²) in [5.74, 6) is -0.526. The second kappa shape index (κ2) is 9.83. The molecule has 36 heavy (non-hydrogen) atoms. The predicted molar refractivity (Wildman–Crippen MR) is 136 cm³/mol. The Labute approximate surface area is 210 Å². The van der Waals surface area contributed by atoms with E-state index in [1.807, 2.05) is 0 Å². The van der Waals surface area contributed by atoms with E-state index in [0.29, 0.717) is 46.0 Å². The first-order chi connectivity index (χ1) is 17.0. The van der Waals surface area contributed by atoms with Gasteiger partial charge in [-0.2, -0.15) is 0 Å². The fourth-order valence-electron chi connectivity index (χ4n) is 4.03. The predicted octanol–water partition coefficient (Wildman–Crippen LogP) is 0.355. The maximum atomic E-state index is 13.3. The minimum atomic E-state index is -3.92. The summed E-state index contributed by atoms with van der Waals surface area (Å²) in [6.45, 7) is 1.42. The van der Waals surface area contributed by atoms with Crippen LogP contribution in [0.3, 0.4) is 0 Å². The number of aromatic nitrogens is 1. The number of aryl methyl sites for hydroxylation is 1. The molecule has 4 rings (SSSR count). The topological polar surface area (TPSA) is 204 Å². The van der Waals surface area contributed by atoms with E-state index in [-0.39, 0.29) is 22.2 Å². The fraction of sp³-hybridized carbons (Fsp3) is 0.227. The van der Waals surface area contributed by atoms with Crippen LogP contribution < -0.4 is 26.6 Å². The third-order valence-corrected chi connectivity index (χ3v) is 7.45. The maximum absolute atomic E-state index is 13.3. The molecule has 1 aliphatic rings. The van der Waals surface area contributed by atoms with Crippen molar-refractivity contribution in [3.05, 3.63) is 69.0 Å². The zero-order valence-corrected chi connectivity index (χ0v) is 20.7. The van der Waals surface area contributed by atoms with Gasteiger partial charge in [0, 0.05) is 23.5 Å². The van der Waals surface area contributed by atoms with E-state index >= 15 is 0 Å². The molecule has 0 aliphatic carbocycles. The Balaban J connectivity index is 1.60. The summed E-state index contributed by atoms with van der Waals surface area (Å²) in [4.78, 5) is 30.8. The third kappa shape index (κ3) is 4.89. The number of hydrogen-bond acceptors (Lipinski definition) is 9. The molecule has 2 heterocycles. The van der Waals surface area contributed by atoms with Crippen molar-refractivity contribution >= 4 is 49.7 Å². The molecule has 0 fully saturated rings. The number of amides is 1. The number of nitrogens with two attached hydrogens (primary N) is 2. The number of amidine groups is 1. The number of aliphatic imine (C=N–C) groups is 1. The van der Waals surface area contributed by atoms with E-state index in [4.69, 9.17) is 16.0 Å². The average molecular weight is 533 g/mol. The molecule has 3 aromatic rings. The number of aliphatic hydroxyl groups excluding tert-OH is 2. The number of aromatic amines is 1. The number of carbonyl (C=O) groups is 1. The van der Waals surface area contributed by atoms with Crippen molar-refractivity contribution in [2.75, 3.05) is 23.4 Å². The number of carbonyl (C=O) groups excluding carboxylic acids is 1. The normalized spacial score (nSPS) is 14.6. The SMILES string of the molecule is Cc1cc(Nc2s[nH]c(=O)c2/C(N)=N/C(O)CO)ccc1C(=O)N1CCc2c1cccc2S(N)(=O)=O. The van der Waals surface area contributed by atoms with Crippen molar-refractivity contribution in [3.63, 3.8) is 0 Å². The van der Waals surface area contributed by atoms with Gasteiger partial charge in [-0.1, -0.05) is 6.07 Å². The van der Waals surface area contributed by atoms with Gasteiger partial charge in [0.1, 0.15) is 16.4 Å². The van der Waals surface area contributed by atoms with Crippen molar-refractivity contribution in [3.8, 4) is 0 Å². The molecule has 1 aliphatic heterocycles. The molecular formula is C22H24N6O6S2. The second-order valence-corrected chi connectivity index (χ2v) is 10.4. The van der Waals surface area contributed by atoms with Crippen LogP contribution in [0, 0.1) is 6.92 Å². The van der Waals surface area contributed by atoms with Gasteiger partial charge in [0.15, 0.2) is 6.23 Å². The Morgan fingerprint density at radius 2 is 2.08 bits per heavy atom. The number of benzene rings is 2. The average Bonchev–Trinajstić information content (AvgIpc) is 3.41. The van der Waals surface area contributed by atoms with Crippen LogP contribution in [0.5, 0.6) is 0 Å². The van der Waals surface area contributed by atoms with E-state index in [2.05, 4.69) is 14.7 Å². The lowest BCUT2D eigenvalue weighted by atomic mass is 10.1.